The second-order valence-electron chi connectivity index (χ2n) is 2.42. The maximum Gasteiger partial charge on any atom is 0.266 e. The Bertz CT molecular complexity index is 390. The molecular weight excluding hydrogens is 305 g/mol. The average molecular weight is 310 g/mol. The Balaban J connectivity index is 3.36. The van der Waals surface area contributed by atoms with Gasteiger partial charge in [0.05, 0.1) is 17.9 Å². The van der Waals surface area contributed by atoms with E-state index in [0.717, 1.165) is 0 Å². The van der Waals surface area contributed by atoms with Crippen LogP contribution in [0, 0.1) is 14.9 Å². The Kier molecular flexibility index (Phi) is 3.71. The fraction of sp³-hybridized carbons (Fsp3) is 0.250. The molecule has 0 aliphatic heterocycles. The highest BCUT2D eigenvalue weighted by atomic mass is 127. The number of hydrogen-bond donors (Lipinski definition) is 1. The van der Waals surface area contributed by atoms with Crippen LogP contribution in [0.5, 0.6) is 0 Å². The van der Waals surface area contributed by atoms with E-state index < -0.39 is 13.0 Å². The number of hydrogen-bond acceptors (Lipinski definition) is 3. The Morgan fingerprint density at radius 3 is 2.71 bits per heavy atom. The lowest BCUT2D eigenvalue weighted by molar-refractivity contribution is 0.145. The van der Waals surface area contributed by atoms with Crippen molar-refractivity contribution in [1.29, 1.82) is 5.26 Å². The second-order valence-corrected chi connectivity index (χ2v) is 3.58. The van der Waals surface area contributed by atoms with E-state index in [1.54, 1.807) is 28.7 Å². The predicted molar refractivity (Wildman–Crippen MR) is 52.5 cm³/mol. The van der Waals surface area contributed by atoms with Crippen LogP contribution in [0.2, 0.25) is 0 Å². The molecule has 1 aromatic rings. The maximum atomic E-state index is 12.5. The third kappa shape index (κ3) is 2.16. The van der Waals surface area contributed by atoms with Gasteiger partial charge in [-0.3, -0.25) is 0 Å². The molecule has 0 aliphatic carbocycles. The van der Waals surface area contributed by atoms with Gasteiger partial charge in [-0.05, 0) is 28.7 Å². The SMILES string of the molecule is N#Cc1cc(I)c(C(F)F)c(CO)n1. The van der Waals surface area contributed by atoms with Crippen molar-refractivity contribution in [2.75, 3.05) is 0 Å². The number of halogens is 3. The number of aromatic nitrogens is 1. The van der Waals surface area contributed by atoms with E-state index in [2.05, 4.69) is 4.98 Å². The van der Waals surface area contributed by atoms with Crippen molar-refractivity contribution in [2.24, 2.45) is 0 Å². The largest absolute Gasteiger partial charge is 0.390 e. The summed E-state index contributed by atoms with van der Waals surface area (Å²) in [6.07, 6.45) is -2.69. The highest BCUT2D eigenvalue weighted by Crippen LogP contribution is 2.27. The molecule has 0 aromatic carbocycles. The van der Waals surface area contributed by atoms with Crippen molar-refractivity contribution in [1.82, 2.24) is 4.98 Å². The summed E-state index contributed by atoms with van der Waals surface area (Å²) in [5, 5.41) is 17.3. The molecule has 1 aromatic heterocycles. The van der Waals surface area contributed by atoms with Crippen molar-refractivity contribution in [3.63, 3.8) is 0 Å². The number of nitrogens with zero attached hydrogens (tertiary/aromatic N) is 2. The molecule has 0 unspecified atom stereocenters. The maximum absolute atomic E-state index is 12.5. The summed E-state index contributed by atoms with van der Waals surface area (Å²) in [6, 6.07) is 3.00. The minimum atomic E-state index is -2.69. The molecule has 1 N–H and O–H groups in total. The van der Waals surface area contributed by atoms with E-state index in [0.29, 0.717) is 0 Å². The van der Waals surface area contributed by atoms with Gasteiger partial charge in [0.1, 0.15) is 11.8 Å². The van der Waals surface area contributed by atoms with Crippen LogP contribution in [0.4, 0.5) is 8.78 Å². The topological polar surface area (TPSA) is 56.9 Å². The molecule has 1 rings (SSSR count). The van der Waals surface area contributed by atoms with E-state index in [1.807, 2.05) is 0 Å². The van der Waals surface area contributed by atoms with Gasteiger partial charge in [-0.2, -0.15) is 5.26 Å². The van der Waals surface area contributed by atoms with Crippen molar-refractivity contribution >= 4 is 22.6 Å². The molecule has 0 atom stereocenters. The molecule has 0 bridgehead atoms. The van der Waals surface area contributed by atoms with E-state index >= 15 is 0 Å². The van der Waals surface area contributed by atoms with E-state index in [-0.39, 0.29) is 20.5 Å². The third-order valence-electron chi connectivity index (χ3n) is 1.57. The first kappa shape index (κ1) is 11.3. The first-order chi connectivity index (χ1) is 6.60. The number of aliphatic hydroxyl groups excluding tert-OH is 1. The van der Waals surface area contributed by atoms with Gasteiger partial charge in [-0.1, -0.05) is 0 Å². The van der Waals surface area contributed by atoms with Gasteiger partial charge < -0.3 is 5.11 Å². The molecule has 1 heterocycles. The fourth-order valence-corrected chi connectivity index (χ4v) is 1.82. The Morgan fingerprint density at radius 1 is 1.64 bits per heavy atom. The zero-order chi connectivity index (χ0) is 10.7. The highest BCUT2D eigenvalue weighted by Gasteiger charge is 2.18. The molecule has 0 amide bonds. The first-order valence-corrected chi connectivity index (χ1v) is 4.66. The zero-order valence-electron chi connectivity index (χ0n) is 6.84. The molecular formula is C8H5F2IN2O. The normalized spacial score (nSPS) is 10.3. The smallest absolute Gasteiger partial charge is 0.266 e. The van der Waals surface area contributed by atoms with Crippen molar-refractivity contribution in [3.05, 3.63) is 26.6 Å². The van der Waals surface area contributed by atoms with E-state index in [4.69, 9.17) is 10.4 Å². The van der Waals surface area contributed by atoms with Gasteiger partial charge in [-0.15, -0.1) is 0 Å². The van der Waals surface area contributed by atoms with E-state index in [9.17, 15) is 8.78 Å². The monoisotopic (exact) mass is 310 g/mol. The van der Waals surface area contributed by atoms with Gasteiger partial charge >= 0.3 is 0 Å². The lowest BCUT2D eigenvalue weighted by Gasteiger charge is -2.08. The van der Waals surface area contributed by atoms with Crippen LogP contribution in [0.1, 0.15) is 23.4 Å². The average Bonchev–Trinajstić information content (AvgIpc) is 2.15. The molecule has 0 fully saturated rings. The molecule has 6 heteroatoms. The van der Waals surface area contributed by atoms with Crippen LogP contribution in [-0.4, -0.2) is 10.1 Å². The molecule has 0 saturated heterocycles. The number of pyridine rings is 1. The molecule has 3 nitrogen and oxygen atoms in total. The summed E-state index contributed by atoms with van der Waals surface area (Å²) >= 11 is 1.69. The summed E-state index contributed by atoms with van der Waals surface area (Å²) in [5.74, 6) is 0. The zero-order valence-corrected chi connectivity index (χ0v) is 8.99. The van der Waals surface area contributed by atoms with Crippen molar-refractivity contribution < 1.29 is 13.9 Å². The van der Waals surface area contributed by atoms with Crippen LogP contribution < -0.4 is 0 Å². The number of alkyl halides is 2. The predicted octanol–water partition coefficient (Wildman–Crippen LogP) is 1.99. The van der Waals surface area contributed by atoms with Gasteiger partial charge in [0.2, 0.25) is 0 Å². The van der Waals surface area contributed by atoms with E-state index in [1.165, 1.54) is 6.07 Å². The van der Waals surface area contributed by atoms with Gasteiger partial charge in [-0.25, -0.2) is 13.8 Å². The molecule has 74 valence electrons. The summed E-state index contributed by atoms with van der Waals surface area (Å²) in [7, 11) is 0. The Labute approximate surface area is 92.5 Å². The number of aliphatic hydroxyl groups is 1. The third-order valence-corrected chi connectivity index (χ3v) is 2.46. The highest BCUT2D eigenvalue weighted by molar-refractivity contribution is 14.1. The molecule has 14 heavy (non-hydrogen) atoms. The summed E-state index contributed by atoms with van der Waals surface area (Å²) in [4.78, 5) is 3.60. The van der Waals surface area contributed by atoms with Crippen LogP contribution in [0.15, 0.2) is 6.07 Å². The van der Waals surface area contributed by atoms with Crippen LogP contribution in [0.25, 0.3) is 0 Å². The Hall–Kier alpha value is -0.810. The van der Waals surface area contributed by atoms with Gasteiger partial charge in [0.25, 0.3) is 6.43 Å². The van der Waals surface area contributed by atoms with Crippen LogP contribution >= 0.6 is 22.6 Å². The molecule has 0 radical (unpaired) electrons. The number of rotatable bonds is 2. The molecule has 0 spiro atoms. The van der Waals surface area contributed by atoms with Crippen LogP contribution in [0.3, 0.4) is 0 Å². The lowest BCUT2D eigenvalue weighted by Crippen LogP contribution is -2.03. The standard InChI is InChI=1S/C8H5F2IN2O/c9-8(10)7-5(11)1-4(2-12)13-6(7)3-14/h1,8,14H,3H2. The van der Waals surface area contributed by atoms with Gasteiger partial charge in [0.15, 0.2) is 0 Å². The number of nitriles is 1. The Morgan fingerprint density at radius 2 is 2.29 bits per heavy atom. The summed E-state index contributed by atoms with van der Waals surface area (Å²) < 4.78 is 25.2. The summed E-state index contributed by atoms with van der Waals surface area (Å²) in [5.41, 5.74) is -0.404. The molecule has 0 saturated carbocycles. The quantitative estimate of drug-likeness (QED) is 0.850. The lowest BCUT2D eigenvalue weighted by atomic mass is 10.2. The first-order valence-electron chi connectivity index (χ1n) is 3.58. The minimum Gasteiger partial charge on any atom is -0.390 e. The minimum absolute atomic E-state index is 0.0304. The van der Waals surface area contributed by atoms with Crippen molar-refractivity contribution in [2.45, 2.75) is 13.0 Å². The second kappa shape index (κ2) is 4.61. The van der Waals surface area contributed by atoms with Crippen molar-refractivity contribution in [3.8, 4) is 6.07 Å². The van der Waals surface area contributed by atoms with Crippen LogP contribution in [-0.2, 0) is 6.61 Å². The summed E-state index contributed by atoms with van der Waals surface area (Å²) in [6.45, 7) is -0.592. The fourth-order valence-electron chi connectivity index (χ4n) is 0.982. The molecule has 0 aliphatic rings. The van der Waals surface area contributed by atoms with Gasteiger partial charge in [0, 0.05) is 3.57 Å².